The van der Waals surface area contributed by atoms with Crippen molar-refractivity contribution in [2.75, 3.05) is 0 Å². The molecule has 1 saturated carbocycles. The first-order valence-electron chi connectivity index (χ1n) is 20.9. The van der Waals surface area contributed by atoms with Crippen LogP contribution in [0.1, 0.15) is 136 Å². The van der Waals surface area contributed by atoms with Crippen LogP contribution >= 0.6 is 0 Å². The summed E-state index contributed by atoms with van der Waals surface area (Å²) in [6, 6.07) is 37.1. The monoisotopic (exact) mass is 874 g/mol. The minimum atomic E-state index is 0. The van der Waals surface area contributed by atoms with E-state index in [4.69, 9.17) is 0 Å². The van der Waals surface area contributed by atoms with Gasteiger partial charge in [-0.05, 0) is 40.6 Å². The zero-order valence-electron chi connectivity index (χ0n) is 36.8. The molecule has 1 fully saturated rings. The van der Waals surface area contributed by atoms with E-state index in [-0.39, 0.29) is 46.5 Å². The van der Waals surface area contributed by atoms with Gasteiger partial charge in [0.2, 0.25) is 0 Å². The Morgan fingerprint density at radius 2 is 1.37 bits per heavy atom. The van der Waals surface area contributed by atoms with Gasteiger partial charge in [0.1, 0.15) is 0 Å². The molecule has 4 aliphatic carbocycles. The zero-order chi connectivity index (χ0) is 40.0. The summed E-state index contributed by atoms with van der Waals surface area (Å²) in [4.78, 5) is 0. The van der Waals surface area contributed by atoms with Gasteiger partial charge in [-0.2, -0.15) is 34.4 Å². The summed E-state index contributed by atoms with van der Waals surface area (Å²) in [5.41, 5.74) is 16.2. The number of allylic oxidation sites excluding steroid dienone is 6. The molecule has 0 heterocycles. The molecule has 0 bridgehead atoms. The molecule has 57 heavy (non-hydrogen) atoms. The third-order valence-electron chi connectivity index (χ3n) is 15.1. The molecule has 0 spiro atoms. The Bertz CT molecular complexity index is 2060. The third kappa shape index (κ3) is 8.31. The van der Waals surface area contributed by atoms with Gasteiger partial charge in [0.25, 0.3) is 0 Å². The van der Waals surface area contributed by atoms with E-state index in [0.29, 0.717) is 11.3 Å². The van der Waals surface area contributed by atoms with E-state index in [1.165, 1.54) is 86.5 Å². The molecule has 8 rings (SSSR count). The van der Waals surface area contributed by atoms with Gasteiger partial charge in [-0.15, -0.1) is 6.92 Å². The van der Waals surface area contributed by atoms with Gasteiger partial charge in [-0.1, -0.05) is 159 Å². The molecule has 2 atom stereocenters. The second-order valence-electron chi connectivity index (χ2n) is 19.4. The van der Waals surface area contributed by atoms with Gasteiger partial charge >= 0.3 is 99.2 Å². The Hall–Kier alpha value is -2.57. The zero-order valence-corrected chi connectivity index (χ0v) is 40.8. The Balaban J connectivity index is 0.000000215. The van der Waals surface area contributed by atoms with E-state index in [9.17, 15) is 0 Å². The molecule has 0 nitrogen and oxygen atoms in total. The Labute approximate surface area is 374 Å². The van der Waals surface area contributed by atoms with Crippen LogP contribution in [0.4, 0.5) is 0 Å². The molecule has 4 aliphatic rings. The van der Waals surface area contributed by atoms with E-state index in [0.717, 1.165) is 6.42 Å². The molecular weight excluding hydrogens is 811 g/mol. The molecule has 0 N–H and O–H groups in total. The van der Waals surface area contributed by atoms with Crippen molar-refractivity contribution in [3.8, 4) is 0 Å². The first-order chi connectivity index (χ1) is 25.9. The van der Waals surface area contributed by atoms with E-state index in [2.05, 4.69) is 198 Å². The van der Waals surface area contributed by atoms with Crippen LogP contribution in [0.3, 0.4) is 0 Å². The van der Waals surface area contributed by atoms with Crippen molar-refractivity contribution in [1.82, 2.24) is 0 Å². The van der Waals surface area contributed by atoms with Gasteiger partial charge < -0.3 is 24.8 Å². The molecule has 302 valence electrons. The van der Waals surface area contributed by atoms with Crippen molar-refractivity contribution in [2.24, 2.45) is 27.6 Å². The number of rotatable bonds is 4. The predicted octanol–water partition coefficient (Wildman–Crippen LogP) is 8.43. The fourth-order valence-corrected chi connectivity index (χ4v) is 11.2. The Morgan fingerprint density at radius 3 is 1.91 bits per heavy atom. The fraction of sp³-hybridized carbons (Fsp3) is 0.426. The molecule has 4 aromatic rings. The van der Waals surface area contributed by atoms with Crippen molar-refractivity contribution in [2.45, 2.75) is 121 Å². The van der Waals surface area contributed by atoms with Crippen molar-refractivity contribution in [3.05, 3.63) is 171 Å². The van der Waals surface area contributed by atoms with Gasteiger partial charge in [-0.3, -0.25) is 0 Å². The summed E-state index contributed by atoms with van der Waals surface area (Å²) >= 11 is 1.46. The number of aryl methyl sites for hydroxylation is 1. The van der Waals surface area contributed by atoms with E-state index < -0.39 is 0 Å². The third-order valence-corrected chi connectivity index (χ3v) is 16.6. The number of fused-ring (bicyclic) bond motifs is 6. The second-order valence-corrected chi connectivity index (χ2v) is 20.6. The Morgan fingerprint density at radius 1 is 0.807 bits per heavy atom. The van der Waals surface area contributed by atoms with E-state index in [1.807, 2.05) is 0 Å². The van der Waals surface area contributed by atoms with Crippen molar-refractivity contribution in [3.63, 3.8) is 0 Å². The molecule has 0 aliphatic heterocycles. The number of hydrogen-bond acceptors (Lipinski definition) is 0. The Kier molecular flexibility index (Phi) is 14.8. The standard InChI is InChI=1S/C29H37.C13H10.C12H19.2ClH.Zr/c1-18-25-22-17-19-13-9-10-14-20(19)24(22)21-15-11-12-16-23(21)29(25,8)28(6,7)27(4,5)26(18,2)3;1-3-7-12(8-4-1)11-13-9-5-2-6-10-13;1-5-6-10-7-8-11(9-10)12(2,3)4;;;/h9-11,13-15,23H,12,16-17H2,1-8H3;1-10H;7-9H,5-6H2,1-4H3;2*1H;/q-1;;-1;;;+2/p-2. The molecule has 0 radical (unpaired) electrons. The number of benzene rings is 3. The summed E-state index contributed by atoms with van der Waals surface area (Å²) in [7, 11) is 0. The van der Waals surface area contributed by atoms with Crippen molar-refractivity contribution >= 4 is 8.78 Å². The van der Waals surface area contributed by atoms with E-state index in [1.54, 1.807) is 28.2 Å². The van der Waals surface area contributed by atoms with Crippen molar-refractivity contribution in [1.29, 1.82) is 0 Å². The van der Waals surface area contributed by atoms with Crippen LogP contribution < -0.4 is 24.8 Å². The van der Waals surface area contributed by atoms with Crippen LogP contribution in [0.5, 0.6) is 0 Å². The summed E-state index contributed by atoms with van der Waals surface area (Å²) in [6.45, 7) is 29.3. The van der Waals surface area contributed by atoms with Gasteiger partial charge in [0, 0.05) is 0 Å². The maximum absolute atomic E-state index is 2.62. The van der Waals surface area contributed by atoms with E-state index >= 15 is 0 Å². The predicted molar refractivity (Wildman–Crippen MR) is 235 cm³/mol. The average Bonchev–Trinajstić information content (AvgIpc) is 3.81. The molecule has 2 unspecified atom stereocenters. The number of hydrogen-bond donors (Lipinski definition) is 0. The van der Waals surface area contributed by atoms with Crippen LogP contribution in [0.2, 0.25) is 0 Å². The maximum atomic E-state index is 2.62. The van der Waals surface area contributed by atoms with Crippen LogP contribution in [-0.2, 0) is 42.5 Å². The summed E-state index contributed by atoms with van der Waals surface area (Å²) in [5.74, 6) is 2.24. The normalized spacial score (nSPS) is 21.9. The second kappa shape index (κ2) is 18.0. The first-order valence-corrected chi connectivity index (χ1v) is 22.1. The fourth-order valence-electron chi connectivity index (χ4n) is 10.3. The molecule has 0 aromatic heterocycles. The van der Waals surface area contributed by atoms with Crippen LogP contribution in [-0.4, -0.2) is 3.21 Å². The molecule has 0 amide bonds. The molecule has 3 heteroatoms. The first kappa shape index (κ1) is 47.1. The van der Waals surface area contributed by atoms with Crippen molar-refractivity contribution < 1.29 is 49.0 Å². The number of halogens is 2. The minimum absolute atomic E-state index is 0. The van der Waals surface area contributed by atoms with Crippen LogP contribution in [0.25, 0.3) is 5.57 Å². The summed E-state index contributed by atoms with van der Waals surface area (Å²) in [5, 5.41) is 0. The van der Waals surface area contributed by atoms with Crippen LogP contribution in [0.15, 0.2) is 132 Å². The molecule has 4 aromatic carbocycles. The summed E-state index contributed by atoms with van der Waals surface area (Å²) in [6.07, 6.45) is 11.0. The van der Waals surface area contributed by atoms with Crippen LogP contribution in [0, 0.1) is 33.5 Å². The van der Waals surface area contributed by atoms with Gasteiger partial charge in [0.05, 0.1) is 0 Å². The topological polar surface area (TPSA) is 0 Å². The van der Waals surface area contributed by atoms with Gasteiger partial charge in [0.15, 0.2) is 0 Å². The quantitative estimate of drug-likeness (QED) is 0.181. The SMILES string of the molecule is CCCc1cc(C(C)(C)C)c[cH-]1.C[C-]1C2=C3Cc4ccccc4C3=C3C=CCCC3C2(C)C(C)(C)C(C)(C)C1(C)C.[Cl-].[Cl-].[Zr+2]=[C](c1ccccc1)c1ccccc1. The summed E-state index contributed by atoms with van der Waals surface area (Å²) < 4.78 is 1.42. The molecular formula is C54H66Cl2Zr-2. The average molecular weight is 877 g/mol. The molecule has 0 saturated heterocycles. The van der Waals surface area contributed by atoms with Gasteiger partial charge in [-0.25, -0.2) is 12.0 Å².